The van der Waals surface area contributed by atoms with Crippen molar-refractivity contribution in [3.8, 4) is 11.1 Å². The summed E-state index contributed by atoms with van der Waals surface area (Å²) in [6, 6.07) is 5.91. The van der Waals surface area contributed by atoms with Crippen molar-refractivity contribution in [3.63, 3.8) is 0 Å². The number of piperidine rings is 1. The normalized spacial score (nSPS) is 16.0. The maximum atomic E-state index is 12.3. The maximum absolute atomic E-state index is 12.3. The van der Waals surface area contributed by atoms with E-state index in [9.17, 15) is 13.2 Å². The van der Waals surface area contributed by atoms with E-state index in [1.807, 2.05) is 18.3 Å². The highest BCUT2D eigenvalue weighted by atomic mass is 32.2. The Morgan fingerprint density at radius 3 is 2.47 bits per heavy atom. The molecule has 9 heteroatoms. The monoisotopic (exact) mass is 486 g/mol. The lowest BCUT2D eigenvalue weighted by Gasteiger charge is -2.31. The molecule has 1 aliphatic heterocycles. The minimum Gasteiger partial charge on any atom is -0.467 e. The smallest absolute Gasteiger partial charge is 0.250 e. The lowest BCUT2D eigenvalue weighted by molar-refractivity contribution is 0.100. The maximum Gasteiger partial charge on any atom is 0.250 e. The summed E-state index contributed by atoms with van der Waals surface area (Å²) in [6.45, 7) is 9.54. The van der Waals surface area contributed by atoms with Crippen LogP contribution in [0.15, 0.2) is 35.1 Å². The van der Waals surface area contributed by atoms with E-state index in [1.165, 1.54) is 0 Å². The lowest BCUT2D eigenvalue weighted by Crippen LogP contribution is -2.38. The summed E-state index contributed by atoms with van der Waals surface area (Å²) in [4.78, 5) is 17.8. The Bertz CT molecular complexity index is 1270. The minimum atomic E-state index is -3.18. The number of hydrogen-bond acceptors (Lipinski definition) is 5. The molecule has 1 aromatic carbocycles. The third-order valence-corrected chi connectivity index (χ3v) is 8.88. The molecule has 3 N–H and O–H groups in total. The van der Waals surface area contributed by atoms with Crippen molar-refractivity contribution in [1.82, 2.24) is 14.2 Å². The number of nitrogens with one attached hydrogen (secondary N) is 1. The molecule has 0 radical (unpaired) electrons. The summed E-state index contributed by atoms with van der Waals surface area (Å²) in [6.07, 6.45) is 5.14. The molecule has 0 bridgehead atoms. The number of aromatic nitrogens is 1. The topological polar surface area (TPSA) is 113 Å². The van der Waals surface area contributed by atoms with Crippen LogP contribution in [0, 0.1) is 0 Å². The SMILES string of the molecule is CCN(CC)Cc1cc(-c2cc(C(N)=O)c3[nH]cc(C4CCN(S(=O)(=O)CC)CC4)c3c2)co1. The fourth-order valence-electron chi connectivity index (χ4n) is 4.86. The Labute approximate surface area is 201 Å². The van der Waals surface area contributed by atoms with Crippen molar-refractivity contribution in [2.24, 2.45) is 5.73 Å². The number of hydrogen-bond donors (Lipinski definition) is 2. The molecular formula is C25H34N4O4S. The van der Waals surface area contributed by atoms with Crippen LogP contribution in [-0.4, -0.2) is 60.4 Å². The lowest BCUT2D eigenvalue weighted by atomic mass is 9.88. The highest BCUT2D eigenvalue weighted by Gasteiger charge is 2.29. The van der Waals surface area contributed by atoms with E-state index in [1.54, 1.807) is 17.5 Å². The Hall–Kier alpha value is -2.62. The molecule has 3 aromatic rings. The van der Waals surface area contributed by atoms with E-state index in [-0.39, 0.29) is 11.7 Å². The number of furan rings is 1. The van der Waals surface area contributed by atoms with Crippen molar-refractivity contribution in [2.45, 2.75) is 46.1 Å². The summed E-state index contributed by atoms with van der Waals surface area (Å²) in [7, 11) is -3.18. The van der Waals surface area contributed by atoms with Crippen LogP contribution < -0.4 is 5.73 Å². The molecule has 1 fully saturated rings. The van der Waals surface area contributed by atoms with Crippen molar-refractivity contribution >= 4 is 26.8 Å². The highest BCUT2D eigenvalue weighted by Crippen LogP contribution is 2.37. The number of fused-ring (bicyclic) bond motifs is 1. The quantitative estimate of drug-likeness (QED) is 0.476. The molecule has 0 spiro atoms. The van der Waals surface area contributed by atoms with Gasteiger partial charge in [0, 0.05) is 30.2 Å². The van der Waals surface area contributed by atoms with Crippen molar-refractivity contribution in [2.75, 3.05) is 31.9 Å². The van der Waals surface area contributed by atoms with Crippen LogP contribution in [0.25, 0.3) is 22.0 Å². The predicted octanol–water partition coefficient (Wildman–Crippen LogP) is 3.90. The minimum absolute atomic E-state index is 0.122. The van der Waals surface area contributed by atoms with Gasteiger partial charge in [0.05, 0.1) is 29.6 Å². The third-order valence-electron chi connectivity index (χ3n) is 7.00. The Morgan fingerprint density at radius 1 is 1.15 bits per heavy atom. The van der Waals surface area contributed by atoms with E-state index in [0.29, 0.717) is 18.7 Å². The molecule has 3 heterocycles. The van der Waals surface area contributed by atoms with Crippen molar-refractivity contribution in [3.05, 3.63) is 47.5 Å². The molecule has 1 aliphatic rings. The number of amides is 1. The molecule has 0 atom stereocenters. The van der Waals surface area contributed by atoms with Crippen LogP contribution in [0.5, 0.6) is 0 Å². The zero-order valence-electron chi connectivity index (χ0n) is 20.1. The number of nitrogens with two attached hydrogens (primary N) is 1. The van der Waals surface area contributed by atoms with E-state index in [0.717, 1.165) is 65.8 Å². The molecule has 1 saturated heterocycles. The largest absolute Gasteiger partial charge is 0.467 e. The fourth-order valence-corrected chi connectivity index (χ4v) is 5.99. The molecular weight excluding hydrogens is 452 g/mol. The van der Waals surface area contributed by atoms with Crippen LogP contribution in [0.4, 0.5) is 0 Å². The Balaban J connectivity index is 1.67. The molecule has 8 nitrogen and oxygen atoms in total. The summed E-state index contributed by atoms with van der Waals surface area (Å²) in [5.74, 6) is 0.710. The van der Waals surface area contributed by atoms with Gasteiger partial charge in [-0.3, -0.25) is 9.69 Å². The van der Waals surface area contributed by atoms with Crippen molar-refractivity contribution < 1.29 is 17.6 Å². The van der Waals surface area contributed by atoms with Gasteiger partial charge in [0.15, 0.2) is 0 Å². The van der Waals surface area contributed by atoms with Gasteiger partial charge in [-0.1, -0.05) is 13.8 Å². The van der Waals surface area contributed by atoms with Gasteiger partial charge in [-0.25, -0.2) is 12.7 Å². The summed E-state index contributed by atoms with van der Waals surface area (Å²) >= 11 is 0. The molecule has 0 unspecified atom stereocenters. The fraction of sp³-hybridized carbons (Fsp3) is 0.480. The number of benzene rings is 1. The molecule has 34 heavy (non-hydrogen) atoms. The number of nitrogens with zero attached hydrogens (tertiary/aromatic N) is 2. The summed E-state index contributed by atoms with van der Waals surface area (Å²) < 4.78 is 31.9. The van der Waals surface area contributed by atoms with Crippen LogP contribution in [-0.2, 0) is 16.6 Å². The molecule has 4 rings (SSSR count). The number of carbonyl (C=O) groups excluding carboxylic acids is 1. The second kappa shape index (κ2) is 9.93. The van der Waals surface area contributed by atoms with Gasteiger partial charge in [-0.2, -0.15) is 0 Å². The standard InChI is InChI=1S/C25H34N4O4S/c1-4-28(5-2)15-20-11-19(16-33-20)18-12-21-23(14-27-24(21)22(13-18)25(26)30)17-7-9-29(10-8-17)34(31,32)6-3/h11-14,16-17,27H,4-10,15H2,1-3H3,(H2,26,30). The van der Waals surface area contributed by atoms with Gasteiger partial charge < -0.3 is 15.1 Å². The van der Waals surface area contributed by atoms with Gasteiger partial charge in [-0.05, 0) is 68.1 Å². The first-order chi connectivity index (χ1) is 16.3. The Kier molecular flexibility index (Phi) is 7.16. The summed E-state index contributed by atoms with van der Waals surface area (Å²) in [5.41, 5.74) is 9.79. The van der Waals surface area contributed by atoms with Gasteiger partial charge >= 0.3 is 0 Å². The molecule has 1 amide bonds. The first-order valence-electron chi connectivity index (χ1n) is 12.0. The number of sulfonamides is 1. The van der Waals surface area contributed by atoms with E-state index in [4.69, 9.17) is 10.2 Å². The van der Waals surface area contributed by atoms with Crippen LogP contribution in [0.3, 0.4) is 0 Å². The van der Waals surface area contributed by atoms with E-state index >= 15 is 0 Å². The first-order valence-corrected chi connectivity index (χ1v) is 13.6. The Morgan fingerprint density at radius 2 is 1.85 bits per heavy atom. The van der Waals surface area contributed by atoms with Gasteiger partial charge in [0.25, 0.3) is 5.91 Å². The van der Waals surface area contributed by atoms with Gasteiger partial charge in [0.2, 0.25) is 10.0 Å². The van der Waals surface area contributed by atoms with E-state index < -0.39 is 15.9 Å². The van der Waals surface area contributed by atoms with Crippen LogP contribution in [0.1, 0.15) is 61.2 Å². The summed E-state index contributed by atoms with van der Waals surface area (Å²) in [5, 5.41) is 0.953. The zero-order chi connectivity index (χ0) is 24.5. The third kappa shape index (κ3) is 4.78. The van der Waals surface area contributed by atoms with Crippen molar-refractivity contribution in [1.29, 1.82) is 0 Å². The number of primary amides is 1. The number of aromatic amines is 1. The number of H-pyrrole nitrogens is 1. The average Bonchev–Trinajstić information content (AvgIpc) is 3.49. The second-order valence-electron chi connectivity index (χ2n) is 8.89. The molecule has 0 aliphatic carbocycles. The molecule has 2 aromatic heterocycles. The molecule has 0 saturated carbocycles. The van der Waals surface area contributed by atoms with E-state index in [2.05, 4.69) is 29.8 Å². The van der Waals surface area contributed by atoms with Gasteiger partial charge in [0.1, 0.15) is 5.76 Å². The molecule has 184 valence electrons. The van der Waals surface area contributed by atoms with Crippen LogP contribution in [0.2, 0.25) is 0 Å². The average molecular weight is 487 g/mol. The number of carbonyl (C=O) groups is 1. The first kappa shape index (κ1) is 24.5. The predicted molar refractivity (Wildman–Crippen MR) is 134 cm³/mol. The van der Waals surface area contributed by atoms with Gasteiger partial charge in [-0.15, -0.1) is 0 Å². The second-order valence-corrected chi connectivity index (χ2v) is 11.1. The highest BCUT2D eigenvalue weighted by molar-refractivity contribution is 7.89. The zero-order valence-corrected chi connectivity index (χ0v) is 21.0. The number of rotatable bonds is 9. The van der Waals surface area contributed by atoms with Crippen LogP contribution >= 0.6 is 0 Å².